The molecule has 0 amide bonds. The van der Waals surface area contributed by atoms with Gasteiger partial charge in [-0.1, -0.05) is 12.1 Å². The highest BCUT2D eigenvalue weighted by molar-refractivity contribution is 5.72. The van der Waals surface area contributed by atoms with Crippen molar-refractivity contribution in [3.8, 4) is 0 Å². The molecule has 0 saturated carbocycles. The SMILES string of the molecule is Cc1cc(N)nc(CN2CCN(C)c3ccccc32)n1. The summed E-state index contributed by atoms with van der Waals surface area (Å²) in [6, 6.07) is 10.2. The Balaban J connectivity index is 1.90. The van der Waals surface area contributed by atoms with Crippen molar-refractivity contribution < 1.29 is 0 Å². The first-order valence-corrected chi connectivity index (χ1v) is 6.78. The van der Waals surface area contributed by atoms with Crippen molar-refractivity contribution in [2.24, 2.45) is 0 Å². The van der Waals surface area contributed by atoms with Crippen LogP contribution in [0.4, 0.5) is 17.2 Å². The maximum absolute atomic E-state index is 5.80. The number of anilines is 3. The number of nitrogen functional groups attached to an aromatic ring is 1. The normalized spacial score (nSPS) is 14.3. The van der Waals surface area contributed by atoms with Crippen LogP contribution in [0.1, 0.15) is 11.5 Å². The number of aryl methyl sites for hydroxylation is 1. The molecular formula is C15H19N5. The summed E-state index contributed by atoms with van der Waals surface area (Å²) >= 11 is 0. The van der Waals surface area contributed by atoms with E-state index in [0.29, 0.717) is 12.4 Å². The molecule has 2 N–H and O–H groups in total. The first-order valence-electron chi connectivity index (χ1n) is 6.78. The lowest BCUT2D eigenvalue weighted by Crippen LogP contribution is -2.39. The molecule has 1 aliphatic heterocycles. The number of aromatic nitrogens is 2. The highest BCUT2D eigenvalue weighted by Crippen LogP contribution is 2.32. The van der Waals surface area contributed by atoms with E-state index in [0.717, 1.165) is 24.6 Å². The Bertz CT molecular complexity index is 605. The van der Waals surface area contributed by atoms with Gasteiger partial charge in [0, 0.05) is 31.9 Å². The molecule has 5 heteroatoms. The van der Waals surface area contributed by atoms with Crippen molar-refractivity contribution in [1.29, 1.82) is 0 Å². The Morgan fingerprint density at radius 3 is 2.65 bits per heavy atom. The van der Waals surface area contributed by atoms with Gasteiger partial charge in [-0.15, -0.1) is 0 Å². The van der Waals surface area contributed by atoms with E-state index in [4.69, 9.17) is 5.73 Å². The molecule has 2 heterocycles. The number of benzene rings is 1. The predicted molar refractivity (Wildman–Crippen MR) is 81.9 cm³/mol. The molecule has 1 aliphatic rings. The van der Waals surface area contributed by atoms with Gasteiger partial charge in [0.1, 0.15) is 11.6 Å². The molecule has 0 unspecified atom stereocenters. The maximum atomic E-state index is 5.80. The number of nitrogens with two attached hydrogens (primary N) is 1. The van der Waals surface area contributed by atoms with Crippen LogP contribution < -0.4 is 15.5 Å². The first-order chi connectivity index (χ1) is 9.63. The van der Waals surface area contributed by atoms with Crippen molar-refractivity contribution in [3.63, 3.8) is 0 Å². The molecule has 104 valence electrons. The third kappa shape index (κ3) is 2.39. The quantitative estimate of drug-likeness (QED) is 0.901. The van der Waals surface area contributed by atoms with Gasteiger partial charge in [0.2, 0.25) is 0 Å². The molecule has 0 saturated heterocycles. The summed E-state index contributed by atoms with van der Waals surface area (Å²) in [5, 5.41) is 0. The van der Waals surface area contributed by atoms with Crippen molar-refractivity contribution in [1.82, 2.24) is 9.97 Å². The van der Waals surface area contributed by atoms with Crippen LogP contribution >= 0.6 is 0 Å². The topological polar surface area (TPSA) is 58.3 Å². The molecule has 0 aliphatic carbocycles. The summed E-state index contributed by atoms with van der Waals surface area (Å²) in [6.07, 6.45) is 0. The van der Waals surface area contributed by atoms with E-state index in [9.17, 15) is 0 Å². The van der Waals surface area contributed by atoms with Gasteiger partial charge >= 0.3 is 0 Å². The van der Waals surface area contributed by atoms with Crippen molar-refractivity contribution >= 4 is 17.2 Å². The lowest BCUT2D eigenvalue weighted by atomic mass is 10.1. The summed E-state index contributed by atoms with van der Waals surface area (Å²) in [7, 11) is 2.12. The third-order valence-electron chi connectivity index (χ3n) is 3.59. The van der Waals surface area contributed by atoms with Gasteiger partial charge in [0.05, 0.1) is 17.9 Å². The maximum Gasteiger partial charge on any atom is 0.150 e. The van der Waals surface area contributed by atoms with Crippen LogP contribution in [-0.4, -0.2) is 30.1 Å². The summed E-state index contributed by atoms with van der Waals surface area (Å²) in [6.45, 7) is 4.60. The standard InChI is InChI=1S/C15H19N5/c1-11-9-14(16)18-15(17-11)10-20-8-7-19(2)12-5-3-4-6-13(12)20/h3-6,9H,7-8,10H2,1-2H3,(H2,16,17,18). The minimum atomic E-state index is 0.537. The number of nitrogens with zero attached hydrogens (tertiary/aromatic N) is 4. The Morgan fingerprint density at radius 2 is 1.90 bits per heavy atom. The lowest BCUT2D eigenvalue weighted by molar-refractivity contribution is 0.710. The molecule has 5 nitrogen and oxygen atoms in total. The minimum absolute atomic E-state index is 0.537. The van der Waals surface area contributed by atoms with Crippen molar-refractivity contribution in [3.05, 3.63) is 41.9 Å². The van der Waals surface area contributed by atoms with Crippen LogP contribution in [0.5, 0.6) is 0 Å². The lowest BCUT2D eigenvalue weighted by Gasteiger charge is -2.36. The number of rotatable bonds is 2. The second-order valence-corrected chi connectivity index (χ2v) is 5.18. The van der Waals surface area contributed by atoms with E-state index in [1.807, 2.05) is 6.92 Å². The van der Waals surface area contributed by atoms with Crippen LogP contribution in [0.25, 0.3) is 0 Å². The predicted octanol–water partition coefficient (Wildman–Crippen LogP) is 1.82. The van der Waals surface area contributed by atoms with Gasteiger partial charge < -0.3 is 15.5 Å². The molecule has 0 atom stereocenters. The fraction of sp³-hybridized carbons (Fsp3) is 0.333. The van der Waals surface area contributed by atoms with Crippen LogP contribution in [0.15, 0.2) is 30.3 Å². The van der Waals surface area contributed by atoms with E-state index in [1.54, 1.807) is 6.07 Å². The summed E-state index contributed by atoms with van der Waals surface area (Å²) in [5.41, 5.74) is 9.19. The zero-order chi connectivity index (χ0) is 14.1. The Hall–Kier alpha value is -2.30. The van der Waals surface area contributed by atoms with Gasteiger partial charge in [0.15, 0.2) is 0 Å². The van der Waals surface area contributed by atoms with E-state index in [1.165, 1.54) is 11.4 Å². The van der Waals surface area contributed by atoms with Gasteiger partial charge in [0.25, 0.3) is 0 Å². The Labute approximate surface area is 119 Å². The van der Waals surface area contributed by atoms with Crippen molar-refractivity contribution in [2.75, 3.05) is 35.7 Å². The van der Waals surface area contributed by atoms with Gasteiger partial charge in [-0.05, 0) is 19.1 Å². The van der Waals surface area contributed by atoms with E-state index in [2.05, 4.69) is 51.1 Å². The summed E-state index contributed by atoms with van der Waals surface area (Å²) in [4.78, 5) is 13.4. The number of hydrogen-bond acceptors (Lipinski definition) is 5. The number of fused-ring (bicyclic) bond motifs is 1. The summed E-state index contributed by atoms with van der Waals surface area (Å²) in [5.74, 6) is 1.32. The van der Waals surface area contributed by atoms with Crippen LogP contribution in [-0.2, 0) is 6.54 Å². The molecule has 0 spiro atoms. The molecule has 0 fully saturated rings. The first kappa shape index (κ1) is 12.7. The smallest absolute Gasteiger partial charge is 0.150 e. The molecular weight excluding hydrogens is 250 g/mol. The molecule has 0 bridgehead atoms. The van der Waals surface area contributed by atoms with E-state index in [-0.39, 0.29) is 0 Å². The fourth-order valence-electron chi connectivity index (χ4n) is 2.63. The average molecular weight is 269 g/mol. The molecule has 20 heavy (non-hydrogen) atoms. The molecule has 2 aromatic rings. The summed E-state index contributed by atoms with van der Waals surface area (Å²) < 4.78 is 0. The van der Waals surface area contributed by atoms with Gasteiger partial charge in [-0.2, -0.15) is 0 Å². The van der Waals surface area contributed by atoms with Crippen LogP contribution in [0.3, 0.4) is 0 Å². The van der Waals surface area contributed by atoms with E-state index >= 15 is 0 Å². The fourth-order valence-corrected chi connectivity index (χ4v) is 2.63. The highest BCUT2D eigenvalue weighted by atomic mass is 15.3. The zero-order valence-corrected chi connectivity index (χ0v) is 11.9. The van der Waals surface area contributed by atoms with Gasteiger partial charge in [-0.3, -0.25) is 0 Å². The molecule has 1 aromatic carbocycles. The monoisotopic (exact) mass is 269 g/mol. The Kier molecular flexibility index (Phi) is 3.18. The minimum Gasteiger partial charge on any atom is -0.384 e. The number of para-hydroxylation sites is 2. The zero-order valence-electron chi connectivity index (χ0n) is 11.9. The Morgan fingerprint density at radius 1 is 1.15 bits per heavy atom. The van der Waals surface area contributed by atoms with E-state index < -0.39 is 0 Å². The molecule has 3 rings (SSSR count). The van der Waals surface area contributed by atoms with Crippen LogP contribution in [0.2, 0.25) is 0 Å². The second kappa shape index (κ2) is 5.00. The molecule has 1 aromatic heterocycles. The number of hydrogen-bond donors (Lipinski definition) is 1. The molecule has 0 radical (unpaired) electrons. The third-order valence-corrected chi connectivity index (χ3v) is 3.59. The number of likely N-dealkylation sites (N-methyl/N-ethyl adjacent to an activating group) is 1. The highest BCUT2D eigenvalue weighted by Gasteiger charge is 2.20. The van der Waals surface area contributed by atoms with Crippen LogP contribution in [0, 0.1) is 6.92 Å². The van der Waals surface area contributed by atoms with Gasteiger partial charge in [-0.25, -0.2) is 9.97 Å². The average Bonchev–Trinajstić information content (AvgIpc) is 2.41. The largest absolute Gasteiger partial charge is 0.384 e. The second-order valence-electron chi connectivity index (χ2n) is 5.18. The van der Waals surface area contributed by atoms with Crippen molar-refractivity contribution in [2.45, 2.75) is 13.5 Å².